The van der Waals surface area contributed by atoms with Crippen molar-refractivity contribution in [1.29, 1.82) is 0 Å². The first-order chi connectivity index (χ1) is 17.1. The van der Waals surface area contributed by atoms with Crippen molar-refractivity contribution < 1.29 is 23.9 Å². The van der Waals surface area contributed by atoms with Crippen molar-refractivity contribution in [3.63, 3.8) is 0 Å². The number of oxime groups is 1. The van der Waals surface area contributed by atoms with Gasteiger partial charge in [0.15, 0.2) is 0 Å². The van der Waals surface area contributed by atoms with Crippen LogP contribution in [0.4, 0.5) is 10.5 Å². The predicted molar refractivity (Wildman–Crippen MR) is 132 cm³/mol. The molecule has 2 aliphatic rings. The summed E-state index contributed by atoms with van der Waals surface area (Å²) in [6.45, 7) is 1.14. The molecule has 8 nitrogen and oxygen atoms in total. The highest BCUT2D eigenvalue weighted by Gasteiger charge is 2.43. The van der Waals surface area contributed by atoms with Gasteiger partial charge in [-0.05, 0) is 48.5 Å². The van der Waals surface area contributed by atoms with Crippen LogP contribution in [0.5, 0.6) is 17.2 Å². The summed E-state index contributed by atoms with van der Waals surface area (Å²) in [5, 5.41) is 8.77. The number of carbonyl (C=O) groups excluding carboxylic acids is 1. The van der Waals surface area contributed by atoms with E-state index in [4.69, 9.17) is 19.1 Å². The molecule has 8 heteroatoms. The van der Waals surface area contributed by atoms with Crippen LogP contribution < -0.4 is 14.8 Å². The number of hydrogen-bond donors (Lipinski definition) is 1. The lowest BCUT2D eigenvalue weighted by molar-refractivity contribution is -0.154. The molecule has 35 heavy (non-hydrogen) atoms. The molecule has 3 aromatic rings. The summed E-state index contributed by atoms with van der Waals surface area (Å²) >= 11 is 0. The van der Waals surface area contributed by atoms with E-state index in [1.807, 2.05) is 54.6 Å². The summed E-state index contributed by atoms with van der Waals surface area (Å²) in [7, 11) is 1.65. The summed E-state index contributed by atoms with van der Waals surface area (Å²) in [5.41, 5.74) is 2.18. The van der Waals surface area contributed by atoms with Crippen molar-refractivity contribution in [3.8, 4) is 17.2 Å². The van der Waals surface area contributed by atoms with Gasteiger partial charge >= 0.3 is 6.09 Å². The standard InChI is InChI=1S/C27H27N3O5/c1-32-24-9-5-6-20(18-24)25-19-27(35-29-25)14-16-30(17-15-27)34-26(31)28-21-10-12-23(13-11-21)33-22-7-3-2-4-8-22/h2-13,18H,14-17,19H2,1H3,(H,28,31). The third-order valence-electron chi connectivity index (χ3n) is 6.17. The van der Waals surface area contributed by atoms with Crippen molar-refractivity contribution in [3.05, 3.63) is 84.4 Å². The van der Waals surface area contributed by atoms with E-state index in [1.165, 1.54) is 0 Å². The van der Waals surface area contributed by atoms with Crippen molar-refractivity contribution in [1.82, 2.24) is 5.06 Å². The number of anilines is 1. The molecule has 0 unspecified atom stereocenters. The van der Waals surface area contributed by atoms with Gasteiger partial charge in [-0.2, -0.15) is 0 Å². The molecule has 1 fully saturated rings. The Balaban J connectivity index is 1.08. The van der Waals surface area contributed by atoms with Crippen LogP contribution in [0.3, 0.4) is 0 Å². The van der Waals surface area contributed by atoms with Gasteiger partial charge in [-0.25, -0.2) is 4.79 Å². The topological polar surface area (TPSA) is 81.6 Å². The zero-order valence-electron chi connectivity index (χ0n) is 19.5. The maximum Gasteiger partial charge on any atom is 0.430 e. The Hall–Kier alpha value is -4.04. The van der Waals surface area contributed by atoms with Crippen LogP contribution in [0.15, 0.2) is 84.0 Å². The van der Waals surface area contributed by atoms with Gasteiger partial charge in [-0.1, -0.05) is 35.5 Å². The van der Waals surface area contributed by atoms with Gasteiger partial charge in [0.2, 0.25) is 0 Å². The number of nitrogens with one attached hydrogen (secondary N) is 1. The molecule has 3 aromatic carbocycles. The number of hydrogen-bond acceptors (Lipinski definition) is 7. The summed E-state index contributed by atoms with van der Waals surface area (Å²) < 4.78 is 11.1. The first kappa shape index (κ1) is 22.7. The highest BCUT2D eigenvalue weighted by Crippen LogP contribution is 2.36. The van der Waals surface area contributed by atoms with E-state index in [9.17, 15) is 4.79 Å². The molecule has 0 aliphatic carbocycles. The highest BCUT2D eigenvalue weighted by molar-refractivity contribution is 6.02. The van der Waals surface area contributed by atoms with Crippen LogP contribution >= 0.6 is 0 Å². The Labute approximate surface area is 204 Å². The Morgan fingerprint density at radius 1 is 0.943 bits per heavy atom. The SMILES string of the molecule is COc1cccc(C2=NOC3(CCN(OC(=O)Nc4ccc(Oc5ccccc5)cc4)CC3)C2)c1. The lowest BCUT2D eigenvalue weighted by Crippen LogP contribution is -2.45. The molecule has 2 heterocycles. The molecule has 0 saturated carbocycles. The maximum absolute atomic E-state index is 12.4. The highest BCUT2D eigenvalue weighted by atomic mass is 16.7. The fourth-order valence-electron chi connectivity index (χ4n) is 4.22. The summed E-state index contributed by atoms with van der Waals surface area (Å²) in [4.78, 5) is 23.8. The van der Waals surface area contributed by atoms with E-state index in [-0.39, 0.29) is 5.60 Å². The molecular weight excluding hydrogens is 446 g/mol. The van der Waals surface area contributed by atoms with E-state index in [0.717, 1.165) is 29.2 Å². The lowest BCUT2D eigenvalue weighted by atomic mass is 9.86. The molecule has 2 aliphatic heterocycles. The third-order valence-corrected chi connectivity index (χ3v) is 6.17. The number of para-hydroxylation sites is 1. The second-order valence-corrected chi connectivity index (χ2v) is 8.59. The number of hydroxylamine groups is 2. The quantitative estimate of drug-likeness (QED) is 0.501. The molecule has 0 radical (unpaired) electrons. The minimum absolute atomic E-state index is 0.358. The van der Waals surface area contributed by atoms with Gasteiger partial charge in [0.1, 0.15) is 22.8 Å². The van der Waals surface area contributed by atoms with Gasteiger partial charge in [-0.3, -0.25) is 5.32 Å². The van der Waals surface area contributed by atoms with Gasteiger partial charge in [0.25, 0.3) is 0 Å². The number of methoxy groups -OCH3 is 1. The van der Waals surface area contributed by atoms with E-state index < -0.39 is 6.09 Å². The van der Waals surface area contributed by atoms with Crippen molar-refractivity contribution in [2.24, 2.45) is 5.16 Å². The van der Waals surface area contributed by atoms with Crippen LogP contribution in [0.25, 0.3) is 0 Å². The monoisotopic (exact) mass is 473 g/mol. The van der Waals surface area contributed by atoms with Crippen molar-refractivity contribution in [2.75, 3.05) is 25.5 Å². The molecule has 5 rings (SSSR count). The molecule has 0 atom stereocenters. The molecule has 0 aromatic heterocycles. The number of benzene rings is 3. The average molecular weight is 474 g/mol. The Morgan fingerprint density at radius 3 is 2.40 bits per heavy atom. The number of amides is 1. The van der Waals surface area contributed by atoms with Gasteiger partial charge in [0.05, 0.1) is 12.8 Å². The summed E-state index contributed by atoms with van der Waals surface area (Å²) in [5.74, 6) is 2.23. The maximum atomic E-state index is 12.4. The number of carbonyl (C=O) groups is 1. The average Bonchev–Trinajstić information content (AvgIpc) is 3.31. The smallest absolute Gasteiger partial charge is 0.430 e. The van der Waals surface area contributed by atoms with E-state index in [2.05, 4.69) is 10.5 Å². The van der Waals surface area contributed by atoms with E-state index >= 15 is 0 Å². The second-order valence-electron chi connectivity index (χ2n) is 8.59. The van der Waals surface area contributed by atoms with Crippen LogP contribution in [0, 0.1) is 0 Å². The van der Waals surface area contributed by atoms with E-state index in [1.54, 1.807) is 36.4 Å². The Kier molecular flexibility index (Phi) is 6.54. The fourth-order valence-corrected chi connectivity index (χ4v) is 4.22. The van der Waals surface area contributed by atoms with Gasteiger partial charge in [-0.15, -0.1) is 5.06 Å². The number of ether oxygens (including phenoxy) is 2. The predicted octanol–water partition coefficient (Wildman–Crippen LogP) is 5.61. The summed E-state index contributed by atoms with van der Waals surface area (Å²) in [6.07, 6.45) is 1.61. The first-order valence-electron chi connectivity index (χ1n) is 11.6. The fraction of sp³-hybridized carbons (Fsp3) is 0.259. The van der Waals surface area contributed by atoms with Crippen LogP contribution in [-0.2, 0) is 9.68 Å². The van der Waals surface area contributed by atoms with Gasteiger partial charge in [0, 0.05) is 43.6 Å². The van der Waals surface area contributed by atoms with Crippen LogP contribution in [0.1, 0.15) is 24.8 Å². The lowest BCUT2D eigenvalue weighted by Gasteiger charge is -2.35. The van der Waals surface area contributed by atoms with Crippen LogP contribution in [0.2, 0.25) is 0 Å². The minimum Gasteiger partial charge on any atom is -0.497 e. The second kappa shape index (κ2) is 10.1. The molecule has 180 valence electrons. The summed E-state index contributed by atoms with van der Waals surface area (Å²) in [6, 6.07) is 24.5. The number of piperidine rings is 1. The minimum atomic E-state index is -0.529. The number of rotatable bonds is 6. The Morgan fingerprint density at radius 2 is 1.66 bits per heavy atom. The third kappa shape index (κ3) is 5.55. The Bertz CT molecular complexity index is 1190. The number of nitrogens with zero attached hydrogens (tertiary/aromatic N) is 2. The normalized spacial score (nSPS) is 16.8. The van der Waals surface area contributed by atoms with Crippen molar-refractivity contribution >= 4 is 17.5 Å². The molecular formula is C27H27N3O5. The molecule has 1 spiro atoms. The first-order valence-corrected chi connectivity index (χ1v) is 11.6. The van der Waals surface area contributed by atoms with E-state index in [0.29, 0.717) is 37.4 Å². The molecule has 1 amide bonds. The molecule has 1 saturated heterocycles. The zero-order valence-corrected chi connectivity index (χ0v) is 19.5. The molecule has 1 N–H and O–H groups in total. The zero-order chi connectivity index (χ0) is 24.1. The largest absolute Gasteiger partial charge is 0.497 e. The molecule has 0 bridgehead atoms. The van der Waals surface area contributed by atoms with Crippen molar-refractivity contribution in [2.45, 2.75) is 24.9 Å². The van der Waals surface area contributed by atoms with Crippen LogP contribution in [-0.4, -0.2) is 42.7 Å². The van der Waals surface area contributed by atoms with Gasteiger partial charge < -0.3 is 19.1 Å².